The summed E-state index contributed by atoms with van der Waals surface area (Å²) < 4.78 is 0. The SMILES string of the molecule is CC(C(=O)NC1CC1)N1CCN(Cc2ccc(CO)cc2)CC1. The maximum Gasteiger partial charge on any atom is 0.237 e. The highest BCUT2D eigenvalue weighted by molar-refractivity contribution is 5.81. The average molecular weight is 317 g/mol. The van der Waals surface area contributed by atoms with Crippen LogP contribution in [0, 0.1) is 0 Å². The largest absolute Gasteiger partial charge is 0.392 e. The molecule has 1 saturated carbocycles. The first kappa shape index (κ1) is 16.4. The van der Waals surface area contributed by atoms with Crippen LogP contribution in [0.2, 0.25) is 0 Å². The molecule has 1 atom stereocenters. The lowest BCUT2D eigenvalue weighted by Crippen LogP contribution is -2.53. The number of amides is 1. The minimum absolute atomic E-state index is 0.0263. The summed E-state index contributed by atoms with van der Waals surface area (Å²) in [7, 11) is 0. The molecule has 126 valence electrons. The highest BCUT2D eigenvalue weighted by Gasteiger charge is 2.29. The minimum atomic E-state index is -0.0263. The monoisotopic (exact) mass is 317 g/mol. The van der Waals surface area contributed by atoms with Crippen molar-refractivity contribution in [3.8, 4) is 0 Å². The van der Waals surface area contributed by atoms with Gasteiger partial charge in [-0.2, -0.15) is 0 Å². The molecule has 1 amide bonds. The van der Waals surface area contributed by atoms with E-state index in [9.17, 15) is 4.79 Å². The summed E-state index contributed by atoms with van der Waals surface area (Å²) in [6.07, 6.45) is 2.28. The first-order valence-corrected chi connectivity index (χ1v) is 8.61. The number of rotatable bonds is 6. The Morgan fingerprint density at radius 2 is 1.78 bits per heavy atom. The molecule has 2 aliphatic rings. The van der Waals surface area contributed by atoms with Crippen LogP contribution in [0.25, 0.3) is 0 Å². The Kier molecular flexibility index (Phi) is 5.30. The zero-order valence-electron chi connectivity index (χ0n) is 13.9. The van der Waals surface area contributed by atoms with Gasteiger partial charge < -0.3 is 10.4 Å². The molecule has 0 aromatic heterocycles. The Hall–Kier alpha value is -1.43. The van der Waals surface area contributed by atoms with Crippen LogP contribution >= 0.6 is 0 Å². The summed E-state index contributed by atoms with van der Waals surface area (Å²) in [4.78, 5) is 16.8. The van der Waals surface area contributed by atoms with Crippen molar-refractivity contribution in [2.24, 2.45) is 0 Å². The normalized spacial score (nSPS) is 21.1. The number of carbonyl (C=O) groups excluding carboxylic acids is 1. The molecule has 1 aliphatic carbocycles. The second-order valence-corrected chi connectivity index (χ2v) is 6.75. The minimum Gasteiger partial charge on any atom is -0.392 e. The maximum absolute atomic E-state index is 12.1. The summed E-state index contributed by atoms with van der Waals surface area (Å²) in [6.45, 7) is 6.90. The lowest BCUT2D eigenvalue weighted by atomic mass is 10.1. The molecule has 0 radical (unpaired) electrons. The summed E-state index contributed by atoms with van der Waals surface area (Å²) >= 11 is 0. The van der Waals surface area contributed by atoms with E-state index in [2.05, 4.69) is 27.2 Å². The van der Waals surface area contributed by atoms with Gasteiger partial charge in [0.1, 0.15) is 0 Å². The van der Waals surface area contributed by atoms with Crippen molar-refractivity contribution in [1.29, 1.82) is 0 Å². The first-order valence-electron chi connectivity index (χ1n) is 8.61. The van der Waals surface area contributed by atoms with Crippen LogP contribution in [0.3, 0.4) is 0 Å². The van der Waals surface area contributed by atoms with Crippen molar-refractivity contribution in [3.63, 3.8) is 0 Å². The van der Waals surface area contributed by atoms with Crippen LogP contribution in [-0.2, 0) is 17.9 Å². The van der Waals surface area contributed by atoms with Crippen molar-refractivity contribution < 1.29 is 9.90 Å². The van der Waals surface area contributed by atoms with Gasteiger partial charge in [0.15, 0.2) is 0 Å². The number of aliphatic hydroxyl groups excluding tert-OH is 1. The molecule has 0 bridgehead atoms. The molecule has 5 heteroatoms. The van der Waals surface area contributed by atoms with E-state index in [1.807, 2.05) is 19.1 Å². The number of hydrogen-bond donors (Lipinski definition) is 2. The Morgan fingerprint density at radius 3 is 2.35 bits per heavy atom. The molecule has 5 nitrogen and oxygen atoms in total. The molecule has 1 saturated heterocycles. The number of carbonyl (C=O) groups is 1. The van der Waals surface area contributed by atoms with Crippen molar-refractivity contribution >= 4 is 5.91 Å². The van der Waals surface area contributed by atoms with Crippen LogP contribution in [0.4, 0.5) is 0 Å². The van der Waals surface area contributed by atoms with E-state index in [0.717, 1.165) is 51.1 Å². The van der Waals surface area contributed by atoms with Gasteiger partial charge >= 0.3 is 0 Å². The van der Waals surface area contributed by atoms with Gasteiger partial charge in [-0.3, -0.25) is 14.6 Å². The molecule has 2 fully saturated rings. The third-order valence-electron chi connectivity index (χ3n) is 4.87. The average Bonchev–Trinajstić information content (AvgIpc) is 3.39. The lowest BCUT2D eigenvalue weighted by molar-refractivity contribution is -0.126. The molecule has 2 N–H and O–H groups in total. The molecule has 1 unspecified atom stereocenters. The number of nitrogens with one attached hydrogen (secondary N) is 1. The van der Waals surface area contributed by atoms with E-state index in [1.54, 1.807) is 0 Å². The van der Waals surface area contributed by atoms with Gasteiger partial charge in [0.2, 0.25) is 5.91 Å². The Labute approximate surface area is 138 Å². The maximum atomic E-state index is 12.1. The molecule has 23 heavy (non-hydrogen) atoms. The number of hydrogen-bond acceptors (Lipinski definition) is 4. The summed E-state index contributed by atoms with van der Waals surface area (Å²) in [6, 6.07) is 8.55. The van der Waals surface area contributed by atoms with E-state index in [0.29, 0.717) is 6.04 Å². The number of nitrogens with zero attached hydrogens (tertiary/aromatic N) is 2. The van der Waals surface area contributed by atoms with Crippen LogP contribution in [0.15, 0.2) is 24.3 Å². The van der Waals surface area contributed by atoms with Gasteiger partial charge in [-0.15, -0.1) is 0 Å². The fourth-order valence-electron chi connectivity index (χ4n) is 3.03. The number of benzene rings is 1. The number of aliphatic hydroxyl groups is 1. The standard InChI is InChI=1S/C18H27N3O2/c1-14(18(23)19-17-6-7-17)21-10-8-20(9-11-21)12-15-2-4-16(13-22)5-3-15/h2-5,14,17,22H,6-13H2,1H3,(H,19,23). The Balaban J connectivity index is 1.44. The Bertz CT molecular complexity index is 520. The van der Waals surface area contributed by atoms with Gasteiger partial charge in [0, 0.05) is 38.8 Å². The molecule has 1 aliphatic heterocycles. The quantitative estimate of drug-likeness (QED) is 0.821. The van der Waals surface area contributed by atoms with Crippen molar-refractivity contribution in [2.45, 2.75) is 45.0 Å². The second-order valence-electron chi connectivity index (χ2n) is 6.75. The van der Waals surface area contributed by atoms with E-state index >= 15 is 0 Å². The molecule has 0 spiro atoms. The van der Waals surface area contributed by atoms with E-state index in [4.69, 9.17) is 5.11 Å². The molecule has 1 heterocycles. The molecule has 1 aromatic rings. The van der Waals surface area contributed by atoms with E-state index in [-0.39, 0.29) is 18.6 Å². The van der Waals surface area contributed by atoms with Crippen LogP contribution in [-0.4, -0.2) is 59.1 Å². The topological polar surface area (TPSA) is 55.8 Å². The third kappa shape index (κ3) is 4.53. The smallest absolute Gasteiger partial charge is 0.237 e. The molecule has 3 rings (SSSR count). The zero-order chi connectivity index (χ0) is 16.2. The third-order valence-corrected chi connectivity index (χ3v) is 4.87. The predicted molar refractivity (Wildman–Crippen MR) is 89.8 cm³/mol. The van der Waals surface area contributed by atoms with Gasteiger partial charge in [0.25, 0.3) is 0 Å². The van der Waals surface area contributed by atoms with Crippen LogP contribution in [0.5, 0.6) is 0 Å². The lowest BCUT2D eigenvalue weighted by Gasteiger charge is -2.37. The van der Waals surface area contributed by atoms with Gasteiger partial charge in [-0.05, 0) is 30.9 Å². The fourth-order valence-corrected chi connectivity index (χ4v) is 3.03. The summed E-state index contributed by atoms with van der Waals surface area (Å²) in [5.41, 5.74) is 2.23. The number of piperazine rings is 1. The van der Waals surface area contributed by atoms with Crippen molar-refractivity contribution in [1.82, 2.24) is 15.1 Å². The molecular formula is C18H27N3O2. The highest BCUT2D eigenvalue weighted by Crippen LogP contribution is 2.19. The summed E-state index contributed by atoms with van der Waals surface area (Å²) in [5, 5.41) is 12.2. The van der Waals surface area contributed by atoms with Gasteiger partial charge in [-0.25, -0.2) is 0 Å². The fraction of sp³-hybridized carbons (Fsp3) is 0.611. The predicted octanol–water partition coefficient (Wildman–Crippen LogP) is 0.964. The highest BCUT2D eigenvalue weighted by atomic mass is 16.3. The second kappa shape index (κ2) is 7.43. The molecule has 1 aromatic carbocycles. The van der Waals surface area contributed by atoms with Crippen LogP contribution < -0.4 is 5.32 Å². The zero-order valence-corrected chi connectivity index (χ0v) is 13.9. The van der Waals surface area contributed by atoms with Crippen molar-refractivity contribution in [2.75, 3.05) is 26.2 Å². The first-order chi connectivity index (χ1) is 11.2. The van der Waals surface area contributed by atoms with Gasteiger partial charge in [-0.1, -0.05) is 24.3 Å². The van der Waals surface area contributed by atoms with E-state index in [1.165, 1.54) is 5.56 Å². The van der Waals surface area contributed by atoms with Crippen molar-refractivity contribution in [3.05, 3.63) is 35.4 Å². The summed E-state index contributed by atoms with van der Waals surface area (Å²) in [5.74, 6) is 0.181. The van der Waals surface area contributed by atoms with Crippen LogP contribution in [0.1, 0.15) is 30.9 Å². The molecular weight excluding hydrogens is 290 g/mol. The van der Waals surface area contributed by atoms with E-state index < -0.39 is 0 Å². The Morgan fingerprint density at radius 1 is 1.17 bits per heavy atom. The van der Waals surface area contributed by atoms with Gasteiger partial charge in [0.05, 0.1) is 12.6 Å².